The Balaban J connectivity index is 1.98. The number of halogens is 1. The molecule has 0 saturated carbocycles. The molecule has 2 aromatic carbocycles. The molecule has 2 N–H and O–H groups in total. The number of aromatic hydroxyl groups is 1. The molecule has 0 saturated heterocycles. The van der Waals surface area contributed by atoms with E-state index in [1.54, 1.807) is 24.3 Å². The van der Waals surface area contributed by atoms with Crippen LogP contribution in [0.15, 0.2) is 48.5 Å². The Labute approximate surface area is 132 Å². The predicted molar refractivity (Wildman–Crippen MR) is 83.1 cm³/mol. The maximum Gasteiger partial charge on any atom is 0.339 e. The first-order valence-electron chi connectivity index (χ1n) is 6.52. The Morgan fingerprint density at radius 3 is 2.59 bits per heavy atom. The molecule has 0 aliphatic rings. The molecule has 0 heterocycles. The van der Waals surface area contributed by atoms with Crippen LogP contribution < -0.4 is 5.32 Å². The number of carbonyl (C=O) groups excluding carboxylic acids is 2. The van der Waals surface area contributed by atoms with E-state index in [4.69, 9.17) is 16.3 Å². The summed E-state index contributed by atoms with van der Waals surface area (Å²) in [6, 6.07) is 12.4. The number of carbonyl (C=O) groups is 2. The Kier molecular flexibility index (Phi) is 5.01. The van der Waals surface area contributed by atoms with Crippen LogP contribution in [-0.2, 0) is 9.53 Å². The summed E-state index contributed by atoms with van der Waals surface area (Å²) in [6.45, 7) is 1.46. The van der Waals surface area contributed by atoms with Gasteiger partial charge in [-0.15, -0.1) is 0 Å². The van der Waals surface area contributed by atoms with Crippen LogP contribution >= 0.6 is 11.6 Å². The SMILES string of the molecule is C[C@H](OC(=O)c1cccc(O)c1)C(=O)Nc1cccc(Cl)c1. The van der Waals surface area contributed by atoms with Gasteiger partial charge in [0, 0.05) is 10.7 Å². The Morgan fingerprint density at radius 2 is 1.91 bits per heavy atom. The number of esters is 1. The third-order valence-electron chi connectivity index (χ3n) is 2.83. The van der Waals surface area contributed by atoms with Crippen LogP contribution in [0.1, 0.15) is 17.3 Å². The van der Waals surface area contributed by atoms with Gasteiger partial charge in [0.25, 0.3) is 5.91 Å². The highest BCUT2D eigenvalue weighted by Crippen LogP contribution is 2.16. The summed E-state index contributed by atoms with van der Waals surface area (Å²) in [5.41, 5.74) is 0.681. The zero-order valence-corrected chi connectivity index (χ0v) is 12.5. The molecule has 0 radical (unpaired) electrons. The smallest absolute Gasteiger partial charge is 0.339 e. The molecule has 0 fully saturated rings. The molecule has 5 nitrogen and oxygen atoms in total. The van der Waals surface area contributed by atoms with Gasteiger partial charge in [-0.05, 0) is 43.3 Å². The van der Waals surface area contributed by atoms with Crippen LogP contribution in [0.5, 0.6) is 5.75 Å². The van der Waals surface area contributed by atoms with Crippen molar-refractivity contribution < 1.29 is 19.4 Å². The molecule has 1 amide bonds. The second-order valence-corrected chi connectivity index (χ2v) is 5.03. The van der Waals surface area contributed by atoms with Crippen LogP contribution in [0.2, 0.25) is 5.02 Å². The molecule has 6 heteroatoms. The quantitative estimate of drug-likeness (QED) is 0.848. The van der Waals surface area contributed by atoms with Crippen molar-refractivity contribution in [1.29, 1.82) is 0 Å². The van der Waals surface area contributed by atoms with Crippen molar-refractivity contribution in [2.75, 3.05) is 5.32 Å². The number of rotatable bonds is 4. The second-order valence-electron chi connectivity index (χ2n) is 4.60. The standard InChI is InChI=1S/C16H14ClNO4/c1-10(15(20)18-13-6-3-5-12(17)9-13)22-16(21)11-4-2-7-14(19)8-11/h2-10,19H,1H3,(H,18,20)/t10-/m0/s1. The van der Waals surface area contributed by atoms with E-state index in [9.17, 15) is 14.7 Å². The van der Waals surface area contributed by atoms with Gasteiger partial charge in [0.2, 0.25) is 0 Å². The third kappa shape index (κ3) is 4.23. The fraction of sp³-hybridized carbons (Fsp3) is 0.125. The Morgan fingerprint density at radius 1 is 1.18 bits per heavy atom. The van der Waals surface area contributed by atoms with Gasteiger partial charge >= 0.3 is 5.97 Å². The summed E-state index contributed by atoms with van der Waals surface area (Å²) in [4.78, 5) is 23.9. The van der Waals surface area contributed by atoms with Gasteiger partial charge in [0.15, 0.2) is 6.10 Å². The van der Waals surface area contributed by atoms with Gasteiger partial charge in [0.1, 0.15) is 5.75 Å². The molecule has 114 valence electrons. The lowest BCUT2D eigenvalue weighted by molar-refractivity contribution is -0.123. The number of hydrogen-bond donors (Lipinski definition) is 2. The number of hydrogen-bond acceptors (Lipinski definition) is 4. The van der Waals surface area contributed by atoms with Crippen molar-refractivity contribution in [3.8, 4) is 5.75 Å². The highest BCUT2D eigenvalue weighted by molar-refractivity contribution is 6.30. The van der Waals surface area contributed by atoms with E-state index in [-0.39, 0.29) is 11.3 Å². The average molecular weight is 320 g/mol. The molecule has 0 aliphatic carbocycles. The molecule has 0 aromatic heterocycles. The highest BCUT2D eigenvalue weighted by atomic mass is 35.5. The third-order valence-corrected chi connectivity index (χ3v) is 3.06. The van der Waals surface area contributed by atoms with Crippen LogP contribution in [0, 0.1) is 0 Å². The van der Waals surface area contributed by atoms with E-state index in [2.05, 4.69) is 5.32 Å². The zero-order chi connectivity index (χ0) is 16.1. The number of anilines is 1. The van der Waals surface area contributed by atoms with E-state index in [1.165, 1.54) is 31.2 Å². The first-order chi connectivity index (χ1) is 10.5. The summed E-state index contributed by atoms with van der Waals surface area (Å²) in [6.07, 6.45) is -0.992. The normalized spacial score (nSPS) is 11.5. The fourth-order valence-corrected chi connectivity index (χ4v) is 1.92. The second kappa shape index (κ2) is 6.95. The molecule has 1 atom stereocenters. The topological polar surface area (TPSA) is 75.6 Å². The molecule has 22 heavy (non-hydrogen) atoms. The van der Waals surface area contributed by atoms with E-state index in [0.717, 1.165) is 0 Å². The lowest BCUT2D eigenvalue weighted by atomic mass is 10.2. The number of phenolic OH excluding ortho intramolecular Hbond substituents is 1. The van der Waals surface area contributed by atoms with Crippen LogP contribution in [0.4, 0.5) is 5.69 Å². The van der Waals surface area contributed by atoms with E-state index in [0.29, 0.717) is 10.7 Å². The van der Waals surface area contributed by atoms with Gasteiger partial charge in [-0.25, -0.2) is 4.79 Å². The predicted octanol–water partition coefficient (Wildman–Crippen LogP) is 3.23. The summed E-state index contributed by atoms with van der Waals surface area (Å²) in [5, 5.41) is 12.4. The van der Waals surface area contributed by atoms with Crippen molar-refractivity contribution >= 4 is 29.2 Å². The molecule has 0 bridgehead atoms. The van der Waals surface area contributed by atoms with Gasteiger partial charge in [-0.1, -0.05) is 23.7 Å². The molecule has 2 aromatic rings. The van der Waals surface area contributed by atoms with Gasteiger partial charge < -0.3 is 15.2 Å². The number of benzene rings is 2. The minimum atomic E-state index is -0.992. The van der Waals surface area contributed by atoms with E-state index in [1.807, 2.05) is 0 Å². The minimum absolute atomic E-state index is 0.0505. The van der Waals surface area contributed by atoms with Crippen LogP contribution in [0.25, 0.3) is 0 Å². The lowest BCUT2D eigenvalue weighted by Crippen LogP contribution is -2.30. The maximum atomic E-state index is 12.0. The molecule has 2 rings (SSSR count). The number of ether oxygens (including phenoxy) is 1. The number of amides is 1. The molecule has 0 unspecified atom stereocenters. The van der Waals surface area contributed by atoms with Crippen LogP contribution in [0.3, 0.4) is 0 Å². The first-order valence-corrected chi connectivity index (χ1v) is 6.90. The molecule has 0 spiro atoms. The maximum absolute atomic E-state index is 12.0. The van der Waals surface area contributed by atoms with Gasteiger partial charge in [-0.3, -0.25) is 4.79 Å². The molecular weight excluding hydrogens is 306 g/mol. The van der Waals surface area contributed by atoms with Crippen molar-refractivity contribution in [3.63, 3.8) is 0 Å². The highest BCUT2D eigenvalue weighted by Gasteiger charge is 2.19. The summed E-state index contributed by atoms with van der Waals surface area (Å²) in [7, 11) is 0. The molecular formula is C16H14ClNO4. The Bertz CT molecular complexity index is 702. The largest absolute Gasteiger partial charge is 0.508 e. The van der Waals surface area contributed by atoms with Crippen molar-refractivity contribution in [2.45, 2.75) is 13.0 Å². The first kappa shape index (κ1) is 15.9. The average Bonchev–Trinajstić information content (AvgIpc) is 2.47. The number of phenols is 1. The summed E-state index contributed by atoms with van der Waals surface area (Å²) < 4.78 is 5.06. The van der Waals surface area contributed by atoms with E-state index < -0.39 is 18.0 Å². The fourth-order valence-electron chi connectivity index (χ4n) is 1.73. The van der Waals surface area contributed by atoms with E-state index >= 15 is 0 Å². The van der Waals surface area contributed by atoms with Crippen LogP contribution in [-0.4, -0.2) is 23.1 Å². The van der Waals surface area contributed by atoms with Crippen molar-refractivity contribution in [2.24, 2.45) is 0 Å². The monoisotopic (exact) mass is 319 g/mol. The Hall–Kier alpha value is -2.53. The molecule has 0 aliphatic heterocycles. The lowest BCUT2D eigenvalue weighted by Gasteiger charge is -2.13. The van der Waals surface area contributed by atoms with Gasteiger partial charge in [0.05, 0.1) is 5.56 Å². The van der Waals surface area contributed by atoms with Crippen molar-refractivity contribution in [1.82, 2.24) is 0 Å². The van der Waals surface area contributed by atoms with Crippen molar-refractivity contribution in [3.05, 3.63) is 59.1 Å². The van der Waals surface area contributed by atoms with Gasteiger partial charge in [-0.2, -0.15) is 0 Å². The summed E-state index contributed by atoms with van der Waals surface area (Å²) >= 11 is 5.83. The zero-order valence-electron chi connectivity index (χ0n) is 11.7. The minimum Gasteiger partial charge on any atom is -0.508 e. The number of nitrogens with one attached hydrogen (secondary N) is 1. The summed E-state index contributed by atoms with van der Waals surface area (Å²) in [5.74, 6) is -1.22.